The fourth-order valence-electron chi connectivity index (χ4n) is 1.53. The first-order valence-electron chi connectivity index (χ1n) is 5.31. The molecule has 0 unspecified atom stereocenters. The fraction of sp³-hybridized carbons (Fsp3) is 0.0714. The third-order valence-corrected chi connectivity index (χ3v) is 2.36. The van der Waals surface area contributed by atoms with Crippen LogP contribution in [0.25, 0.3) is 10.6 Å². The number of carbonyl (C=O) groups excluding carboxylic acids is 1. The summed E-state index contributed by atoms with van der Waals surface area (Å²) in [4.78, 5) is 12.0. The molecular weight excluding hydrogens is 276 g/mol. The summed E-state index contributed by atoms with van der Waals surface area (Å²) in [5.41, 5.74) is 1.85. The Labute approximate surface area is 117 Å². The van der Waals surface area contributed by atoms with Crippen LogP contribution in [-0.4, -0.2) is 13.0 Å². The fourth-order valence-corrected chi connectivity index (χ4v) is 1.53. The molecule has 3 nitrogen and oxygen atoms in total. The van der Waals surface area contributed by atoms with Crippen LogP contribution < -0.4 is 0 Å². The van der Waals surface area contributed by atoms with Gasteiger partial charge in [-0.15, -0.1) is 18.4 Å². The second kappa shape index (κ2) is 6.84. The van der Waals surface area contributed by atoms with E-state index in [2.05, 4.69) is 10.6 Å². The second-order valence-electron chi connectivity index (χ2n) is 3.49. The molecule has 0 aliphatic rings. The minimum Gasteiger partial charge on any atom is -0.686 e. The predicted octanol–water partition coefficient (Wildman–Crippen LogP) is 4.16. The van der Waals surface area contributed by atoms with Crippen molar-refractivity contribution in [3.8, 4) is 0 Å². The Balaban J connectivity index is 0.00000162. The van der Waals surface area contributed by atoms with E-state index >= 15 is 0 Å². The standard InChI is InChI=1S/C14H13N2O.Cu/c1-15-13-10-6-5-9-12(13)14(17)16-11-7-3-2-4-8-11;/h2-10H,1H3,(H-,15,16,17);/q-1;+2/p-1. The molecule has 0 saturated carbocycles. The van der Waals surface area contributed by atoms with E-state index in [0.717, 1.165) is 0 Å². The first kappa shape index (κ1) is 14.3. The third kappa shape index (κ3) is 3.36. The zero-order valence-electron chi connectivity index (χ0n) is 9.80. The Morgan fingerprint density at radius 1 is 0.944 bits per heavy atom. The number of amides is 1. The quantitative estimate of drug-likeness (QED) is 0.782. The van der Waals surface area contributed by atoms with Crippen LogP contribution in [0.1, 0.15) is 10.4 Å². The summed E-state index contributed by atoms with van der Waals surface area (Å²) in [5.74, 6) is -0.266. The first-order chi connectivity index (χ1) is 8.31. The van der Waals surface area contributed by atoms with Gasteiger partial charge in [-0.25, -0.2) is 0 Å². The van der Waals surface area contributed by atoms with Crippen LogP contribution in [0.2, 0.25) is 0 Å². The maximum atomic E-state index is 12.0. The molecule has 2 rings (SSSR count). The average Bonchev–Trinajstić information content (AvgIpc) is 2.40. The van der Waals surface area contributed by atoms with Crippen molar-refractivity contribution in [2.75, 3.05) is 7.05 Å². The van der Waals surface area contributed by atoms with Crippen molar-refractivity contribution >= 4 is 17.3 Å². The zero-order chi connectivity index (χ0) is 12.1. The Bertz CT molecular complexity index is 514. The van der Waals surface area contributed by atoms with Crippen LogP contribution in [0.5, 0.6) is 0 Å². The Hall–Kier alpha value is -1.77. The molecule has 1 radical (unpaired) electrons. The maximum Gasteiger partial charge on any atom is 2.00 e. The molecule has 2 aromatic carbocycles. The van der Waals surface area contributed by atoms with Crippen LogP contribution >= 0.6 is 0 Å². The van der Waals surface area contributed by atoms with Gasteiger partial charge in [-0.05, 0) is 5.56 Å². The van der Waals surface area contributed by atoms with E-state index in [-0.39, 0.29) is 23.0 Å². The first-order valence-corrected chi connectivity index (χ1v) is 5.31. The largest absolute Gasteiger partial charge is 2.00 e. The van der Waals surface area contributed by atoms with Crippen molar-refractivity contribution in [3.05, 3.63) is 70.8 Å². The summed E-state index contributed by atoms with van der Waals surface area (Å²) in [6.07, 6.45) is 0. The Kier molecular flexibility index (Phi) is 5.43. The summed E-state index contributed by atoms with van der Waals surface area (Å²) in [7, 11) is 1.66. The van der Waals surface area contributed by atoms with E-state index in [1.165, 1.54) is 0 Å². The normalized spacial score (nSPS) is 9.17. The molecule has 4 heteroatoms. The SMILES string of the molecule is C[N-]c1ccccc1C(=O)[N-]c1ccccc1.[Cu+2]. The molecule has 2 aromatic rings. The molecule has 95 valence electrons. The average molecular weight is 288 g/mol. The van der Waals surface area contributed by atoms with Crippen molar-refractivity contribution in [1.82, 2.24) is 0 Å². The Morgan fingerprint density at radius 2 is 1.56 bits per heavy atom. The summed E-state index contributed by atoms with van der Waals surface area (Å²) in [6, 6.07) is 16.4. The molecule has 0 spiro atoms. The minimum absolute atomic E-state index is 0. The van der Waals surface area contributed by atoms with Crippen molar-refractivity contribution in [3.63, 3.8) is 0 Å². The third-order valence-electron chi connectivity index (χ3n) is 2.36. The number of nitrogens with zero attached hydrogens (tertiary/aromatic N) is 2. The number of carbonyl (C=O) groups is 1. The van der Waals surface area contributed by atoms with Gasteiger partial charge in [0.2, 0.25) is 0 Å². The summed E-state index contributed by atoms with van der Waals surface area (Å²) < 4.78 is 0. The molecule has 1 amide bonds. The molecule has 0 aliphatic carbocycles. The molecular formula is C14H12CuN2O. The van der Waals surface area contributed by atoms with Crippen molar-refractivity contribution in [1.29, 1.82) is 0 Å². The van der Waals surface area contributed by atoms with Gasteiger partial charge in [0.15, 0.2) is 0 Å². The van der Waals surface area contributed by atoms with Gasteiger partial charge in [-0.2, -0.15) is 0 Å². The van der Waals surface area contributed by atoms with Crippen LogP contribution in [0.4, 0.5) is 11.4 Å². The molecule has 0 aliphatic heterocycles. The molecule has 0 bridgehead atoms. The van der Waals surface area contributed by atoms with Gasteiger partial charge in [0.05, 0.1) is 5.91 Å². The number of hydrogen-bond acceptors (Lipinski definition) is 1. The van der Waals surface area contributed by atoms with Gasteiger partial charge >= 0.3 is 17.1 Å². The van der Waals surface area contributed by atoms with E-state index in [4.69, 9.17) is 0 Å². The molecule has 0 N–H and O–H groups in total. The van der Waals surface area contributed by atoms with Gasteiger partial charge in [-0.1, -0.05) is 54.6 Å². The molecule has 0 heterocycles. The minimum atomic E-state index is -0.266. The van der Waals surface area contributed by atoms with Gasteiger partial charge in [0, 0.05) is 0 Å². The molecule has 0 saturated heterocycles. The van der Waals surface area contributed by atoms with Crippen LogP contribution in [0, 0.1) is 0 Å². The van der Waals surface area contributed by atoms with Crippen LogP contribution in [0.15, 0.2) is 54.6 Å². The summed E-state index contributed by atoms with van der Waals surface area (Å²) in [6.45, 7) is 0. The number of benzene rings is 2. The van der Waals surface area contributed by atoms with Gasteiger partial charge in [0.25, 0.3) is 0 Å². The molecule has 0 aromatic heterocycles. The van der Waals surface area contributed by atoms with E-state index in [0.29, 0.717) is 16.9 Å². The molecule has 0 fully saturated rings. The van der Waals surface area contributed by atoms with Gasteiger partial charge in [-0.3, -0.25) is 0 Å². The van der Waals surface area contributed by atoms with Crippen molar-refractivity contribution in [2.45, 2.75) is 0 Å². The predicted molar refractivity (Wildman–Crippen MR) is 69.2 cm³/mol. The summed E-state index contributed by atoms with van der Waals surface area (Å²) >= 11 is 0. The van der Waals surface area contributed by atoms with Crippen LogP contribution in [-0.2, 0) is 17.1 Å². The number of para-hydroxylation sites is 2. The summed E-state index contributed by atoms with van der Waals surface area (Å²) in [5, 5.41) is 8.09. The van der Waals surface area contributed by atoms with Crippen molar-refractivity contribution in [2.24, 2.45) is 0 Å². The van der Waals surface area contributed by atoms with Gasteiger partial charge in [0.1, 0.15) is 0 Å². The topological polar surface area (TPSA) is 45.3 Å². The molecule has 18 heavy (non-hydrogen) atoms. The molecule has 0 atom stereocenters. The van der Waals surface area contributed by atoms with Crippen LogP contribution in [0.3, 0.4) is 0 Å². The van der Waals surface area contributed by atoms with Gasteiger partial charge < -0.3 is 15.4 Å². The Morgan fingerprint density at radius 3 is 2.22 bits per heavy atom. The zero-order valence-corrected chi connectivity index (χ0v) is 10.7. The maximum absolute atomic E-state index is 12.0. The van der Waals surface area contributed by atoms with E-state index < -0.39 is 0 Å². The van der Waals surface area contributed by atoms with E-state index in [9.17, 15) is 4.79 Å². The number of rotatable bonds is 3. The van der Waals surface area contributed by atoms with E-state index in [1.807, 2.05) is 30.3 Å². The van der Waals surface area contributed by atoms with Crippen molar-refractivity contribution < 1.29 is 21.9 Å². The smallest absolute Gasteiger partial charge is 0.686 e. The monoisotopic (exact) mass is 287 g/mol. The second-order valence-corrected chi connectivity index (χ2v) is 3.49. The van der Waals surface area contributed by atoms with E-state index in [1.54, 1.807) is 31.3 Å². The number of hydrogen-bond donors (Lipinski definition) is 0.